The van der Waals surface area contributed by atoms with Gasteiger partial charge in [-0.2, -0.15) is 0 Å². The number of hydrogen-bond donors (Lipinski definition) is 0. The first-order valence-corrected chi connectivity index (χ1v) is 9.94. The maximum absolute atomic E-state index is 12.8. The third-order valence-electron chi connectivity index (χ3n) is 6.43. The van der Waals surface area contributed by atoms with Gasteiger partial charge >= 0.3 is 0 Å². The smallest absolute Gasteiger partial charge is 0.253 e. The molecular formula is C21H30N2O. The van der Waals surface area contributed by atoms with Crippen LogP contribution in [0.4, 0.5) is 0 Å². The summed E-state index contributed by atoms with van der Waals surface area (Å²) in [6.07, 6.45) is 10.8. The van der Waals surface area contributed by atoms with Crippen LogP contribution in [0.5, 0.6) is 0 Å². The average Bonchev–Trinajstić information content (AvgIpc) is 2.61. The predicted octanol–water partition coefficient (Wildman–Crippen LogP) is 4.04. The normalized spacial score (nSPS) is 23.9. The standard InChI is InChI=1S/C21H30N2O/c24-21(23-15-13-22(14-16-23)20-7-4-8-20)19-11-9-18(10-12-19)17-5-2-1-3-6-17/h9-12,17,20H,1-8,13-16H2. The van der Waals surface area contributed by atoms with Crippen LogP contribution >= 0.6 is 0 Å². The largest absolute Gasteiger partial charge is 0.336 e. The van der Waals surface area contributed by atoms with Crippen molar-refractivity contribution in [3.63, 3.8) is 0 Å². The van der Waals surface area contributed by atoms with E-state index < -0.39 is 0 Å². The van der Waals surface area contributed by atoms with Gasteiger partial charge in [-0.05, 0) is 49.3 Å². The van der Waals surface area contributed by atoms with Crippen molar-refractivity contribution in [1.82, 2.24) is 9.80 Å². The Morgan fingerprint density at radius 1 is 0.792 bits per heavy atom. The zero-order valence-corrected chi connectivity index (χ0v) is 14.8. The Balaban J connectivity index is 1.34. The van der Waals surface area contributed by atoms with E-state index in [4.69, 9.17) is 0 Å². The molecule has 24 heavy (non-hydrogen) atoms. The van der Waals surface area contributed by atoms with Gasteiger partial charge in [0, 0.05) is 37.8 Å². The third-order valence-corrected chi connectivity index (χ3v) is 6.43. The Kier molecular flexibility index (Phi) is 4.88. The molecular weight excluding hydrogens is 296 g/mol. The van der Waals surface area contributed by atoms with Crippen molar-refractivity contribution in [1.29, 1.82) is 0 Å². The van der Waals surface area contributed by atoms with E-state index in [-0.39, 0.29) is 5.91 Å². The van der Waals surface area contributed by atoms with Crippen molar-refractivity contribution in [3.8, 4) is 0 Å². The van der Waals surface area contributed by atoms with Gasteiger partial charge in [-0.1, -0.05) is 37.8 Å². The van der Waals surface area contributed by atoms with Crippen LogP contribution in [0.25, 0.3) is 0 Å². The molecule has 130 valence electrons. The molecule has 0 spiro atoms. The van der Waals surface area contributed by atoms with Gasteiger partial charge in [0.2, 0.25) is 0 Å². The highest BCUT2D eigenvalue weighted by Gasteiger charge is 2.29. The van der Waals surface area contributed by atoms with Gasteiger partial charge in [0.25, 0.3) is 5.91 Å². The number of carbonyl (C=O) groups is 1. The van der Waals surface area contributed by atoms with E-state index in [2.05, 4.69) is 29.2 Å². The molecule has 3 nitrogen and oxygen atoms in total. The van der Waals surface area contributed by atoms with E-state index in [1.165, 1.54) is 56.9 Å². The minimum Gasteiger partial charge on any atom is -0.336 e. The van der Waals surface area contributed by atoms with Gasteiger partial charge in [-0.3, -0.25) is 9.69 Å². The van der Waals surface area contributed by atoms with Gasteiger partial charge < -0.3 is 4.90 Å². The lowest BCUT2D eigenvalue weighted by Crippen LogP contribution is -2.53. The molecule has 1 saturated heterocycles. The molecule has 0 N–H and O–H groups in total. The van der Waals surface area contributed by atoms with E-state index in [1.807, 2.05) is 4.90 Å². The summed E-state index contributed by atoms with van der Waals surface area (Å²) in [6.45, 7) is 3.88. The molecule has 1 aliphatic heterocycles. The Hall–Kier alpha value is -1.35. The fraction of sp³-hybridized carbons (Fsp3) is 0.667. The Bertz CT molecular complexity index is 550. The molecule has 0 radical (unpaired) electrons. The summed E-state index contributed by atoms with van der Waals surface area (Å²) in [4.78, 5) is 17.4. The van der Waals surface area contributed by atoms with Crippen molar-refractivity contribution < 1.29 is 4.79 Å². The van der Waals surface area contributed by atoms with Gasteiger partial charge in [-0.15, -0.1) is 0 Å². The van der Waals surface area contributed by atoms with Crippen LogP contribution in [0.3, 0.4) is 0 Å². The first-order chi connectivity index (χ1) is 11.8. The lowest BCUT2D eigenvalue weighted by molar-refractivity contribution is 0.0455. The van der Waals surface area contributed by atoms with Crippen LogP contribution in [0.15, 0.2) is 24.3 Å². The highest BCUT2D eigenvalue weighted by Crippen LogP contribution is 2.32. The molecule has 0 atom stereocenters. The third kappa shape index (κ3) is 3.37. The van der Waals surface area contributed by atoms with Crippen molar-refractivity contribution in [3.05, 3.63) is 35.4 Å². The molecule has 0 unspecified atom stereocenters. The van der Waals surface area contributed by atoms with Crippen LogP contribution in [0, 0.1) is 0 Å². The Morgan fingerprint density at radius 3 is 2.04 bits per heavy atom. The number of hydrogen-bond acceptors (Lipinski definition) is 2. The molecule has 1 aromatic rings. The molecule has 2 saturated carbocycles. The number of benzene rings is 1. The minimum absolute atomic E-state index is 0.221. The summed E-state index contributed by atoms with van der Waals surface area (Å²) < 4.78 is 0. The van der Waals surface area contributed by atoms with Crippen molar-refractivity contribution in [2.75, 3.05) is 26.2 Å². The van der Waals surface area contributed by atoms with Crippen LogP contribution in [-0.4, -0.2) is 47.9 Å². The number of amides is 1. The molecule has 3 aliphatic rings. The number of rotatable bonds is 3. The van der Waals surface area contributed by atoms with E-state index in [1.54, 1.807) is 0 Å². The van der Waals surface area contributed by atoms with Gasteiger partial charge in [-0.25, -0.2) is 0 Å². The monoisotopic (exact) mass is 326 g/mol. The van der Waals surface area contributed by atoms with Crippen LogP contribution in [0.1, 0.15) is 73.2 Å². The van der Waals surface area contributed by atoms with Crippen LogP contribution in [-0.2, 0) is 0 Å². The first kappa shape index (κ1) is 16.1. The summed E-state index contributed by atoms with van der Waals surface area (Å²) in [7, 11) is 0. The molecule has 2 aliphatic carbocycles. The fourth-order valence-electron chi connectivity index (χ4n) is 4.56. The SMILES string of the molecule is O=C(c1ccc(C2CCCCC2)cc1)N1CCN(C2CCC2)CC1. The second kappa shape index (κ2) is 7.26. The summed E-state index contributed by atoms with van der Waals surface area (Å²) in [5.41, 5.74) is 2.30. The Morgan fingerprint density at radius 2 is 1.46 bits per heavy atom. The molecule has 3 heteroatoms. The number of nitrogens with zero attached hydrogens (tertiary/aromatic N) is 2. The molecule has 1 aromatic carbocycles. The zero-order chi connectivity index (χ0) is 16.4. The van der Waals surface area contributed by atoms with Crippen molar-refractivity contribution >= 4 is 5.91 Å². The quantitative estimate of drug-likeness (QED) is 0.837. The molecule has 0 bridgehead atoms. The topological polar surface area (TPSA) is 23.6 Å². The van der Waals surface area contributed by atoms with Crippen molar-refractivity contribution in [2.45, 2.75) is 63.3 Å². The summed E-state index contributed by atoms with van der Waals surface area (Å²) in [6, 6.07) is 9.33. The summed E-state index contributed by atoms with van der Waals surface area (Å²) in [5, 5.41) is 0. The molecule has 0 aromatic heterocycles. The molecule has 1 amide bonds. The second-order valence-electron chi connectivity index (χ2n) is 7.87. The van der Waals surface area contributed by atoms with E-state index in [0.29, 0.717) is 5.92 Å². The average molecular weight is 326 g/mol. The predicted molar refractivity (Wildman–Crippen MR) is 97.4 cm³/mol. The zero-order valence-electron chi connectivity index (χ0n) is 14.8. The van der Waals surface area contributed by atoms with Gasteiger partial charge in [0.05, 0.1) is 0 Å². The lowest BCUT2D eigenvalue weighted by Gasteiger charge is -2.43. The molecule has 4 rings (SSSR count). The number of carbonyl (C=O) groups excluding carboxylic acids is 1. The maximum Gasteiger partial charge on any atom is 0.253 e. The van der Waals surface area contributed by atoms with Crippen molar-refractivity contribution in [2.24, 2.45) is 0 Å². The van der Waals surface area contributed by atoms with Crippen LogP contribution in [0.2, 0.25) is 0 Å². The lowest BCUT2D eigenvalue weighted by atomic mass is 9.84. The van der Waals surface area contributed by atoms with E-state index >= 15 is 0 Å². The first-order valence-electron chi connectivity index (χ1n) is 9.94. The fourth-order valence-corrected chi connectivity index (χ4v) is 4.56. The van der Waals surface area contributed by atoms with Gasteiger partial charge in [0.15, 0.2) is 0 Å². The number of piperazine rings is 1. The maximum atomic E-state index is 12.8. The second-order valence-corrected chi connectivity index (χ2v) is 7.87. The molecule has 1 heterocycles. The van der Waals surface area contributed by atoms with Gasteiger partial charge in [0.1, 0.15) is 0 Å². The minimum atomic E-state index is 0.221. The summed E-state index contributed by atoms with van der Waals surface area (Å²) in [5.74, 6) is 0.937. The van der Waals surface area contributed by atoms with E-state index in [9.17, 15) is 4.79 Å². The highest BCUT2D eigenvalue weighted by atomic mass is 16.2. The summed E-state index contributed by atoms with van der Waals surface area (Å²) >= 11 is 0. The highest BCUT2D eigenvalue weighted by molar-refractivity contribution is 5.94. The Labute approximate surface area is 146 Å². The van der Waals surface area contributed by atoms with E-state index in [0.717, 1.165) is 37.8 Å². The molecule has 3 fully saturated rings. The van der Waals surface area contributed by atoms with Crippen LogP contribution < -0.4 is 0 Å².